The Kier molecular flexibility index (Phi) is 22.1. The average molecular weight is 494 g/mol. The van der Waals surface area contributed by atoms with Crippen molar-refractivity contribution in [2.45, 2.75) is 11.7 Å². The van der Waals surface area contributed by atoms with Crippen molar-refractivity contribution in [2.24, 2.45) is 0 Å². The van der Waals surface area contributed by atoms with Gasteiger partial charge in [-0.2, -0.15) is 0 Å². The Morgan fingerprint density at radius 2 is 1.12 bits per heavy atom. The number of carboxylic acid groups (broad SMARTS) is 1. The van der Waals surface area contributed by atoms with E-state index in [4.69, 9.17) is 6.42 Å². The molecule has 0 bridgehead atoms. The molecule has 1 N–H and O–H groups in total. The summed E-state index contributed by atoms with van der Waals surface area (Å²) < 4.78 is 32.0. The van der Waals surface area contributed by atoms with E-state index in [1.165, 1.54) is 0 Å². The molecule has 178 valence electrons. The third kappa shape index (κ3) is 20.2. The first-order valence-corrected chi connectivity index (χ1v) is 8.66. The number of terminal acetylenes is 1. The van der Waals surface area contributed by atoms with Crippen LogP contribution in [-0.2, 0) is 19.7 Å². The summed E-state index contributed by atoms with van der Waals surface area (Å²) in [6.45, 7) is 0. The maximum Gasteiger partial charge on any atom is 1.00 e. The molecule has 32 heavy (non-hydrogen) atoms. The molecule has 1 amide bonds. The minimum Gasteiger partial charge on any atom is -0.747 e. The van der Waals surface area contributed by atoms with Gasteiger partial charge in [0.2, 0.25) is 5.91 Å². The number of carboxylic acids is 1. The van der Waals surface area contributed by atoms with Crippen LogP contribution >= 0.6 is 0 Å². The monoisotopic (exact) mass is 493 g/mol. The van der Waals surface area contributed by atoms with Crippen molar-refractivity contribution in [3.8, 4) is 107 Å². The molecule has 7 nitrogen and oxygen atoms in total. The van der Waals surface area contributed by atoms with E-state index >= 15 is 0 Å². The second kappa shape index (κ2) is 21.1. The van der Waals surface area contributed by atoms with Crippen molar-refractivity contribution >= 4 is 22.0 Å². The van der Waals surface area contributed by atoms with Gasteiger partial charge >= 0.3 is 59.1 Å². The predicted octanol–water partition coefficient (Wildman–Crippen LogP) is -4.79. The van der Waals surface area contributed by atoms with Gasteiger partial charge in [0.1, 0.15) is 10.1 Å². The molecule has 0 aromatic heterocycles. The van der Waals surface area contributed by atoms with Gasteiger partial charge < -0.3 is 14.5 Å². The average Bonchev–Trinajstić information content (AvgIpc) is 2.67. The quantitative estimate of drug-likeness (QED) is 0.181. The number of nitrogens with one attached hydrogen (secondary N) is 1. The van der Waals surface area contributed by atoms with E-state index in [0.717, 1.165) is 0 Å². The summed E-state index contributed by atoms with van der Waals surface area (Å²) in [4.78, 5) is 21.8. The van der Waals surface area contributed by atoms with Crippen molar-refractivity contribution in [2.75, 3.05) is 0 Å². The smallest absolute Gasteiger partial charge is 0.747 e. The van der Waals surface area contributed by atoms with Gasteiger partial charge in [-0.15, -0.1) is 6.42 Å². The van der Waals surface area contributed by atoms with Gasteiger partial charge in [-0.05, 0) is 47.4 Å². The third-order valence-corrected chi connectivity index (χ3v) is 3.25. The molecule has 0 rings (SSSR count). The van der Waals surface area contributed by atoms with Crippen LogP contribution in [0, 0.1) is 107 Å². The Morgan fingerprint density at radius 3 is 1.44 bits per heavy atom. The van der Waals surface area contributed by atoms with E-state index in [-0.39, 0.29) is 84.8 Å². The zero-order valence-corrected chi connectivity index (χ0v) is 21.5. The molecule has 0 aliphatic carbocycles. The summed E-state index contributed by atoms with van der Waals surface area (Å²) in [5.74, 6) is 33.8. The SMILES string of the molecule is C#CC#CC#CC#CC#CC#CC#CC#CC#CNC(=O)CC(C(=O)[O-])S(=O)(=O)[O-].[HH].[HH].[HH].[HH].[HH].[HH].[HH].[HH].[HH].[HH].[HH].[HH].[HH].[HH].[HH].[HH].[HH].[HH].[Na+].[Na+]. The number of hydrogen-bond acceptors (Lipinski definition) is 6. The van der Waals surface area contributed by atoms with Gasteiger partial charge in [-0.25, -0.2) is 8.42 Å². The number of amides is 1. The van der Waals surface area contributed by atoms with E-state index < -0.39 is 33.7 Å². The van der Waals surface area contributed by atoms with Gasteiger partial charge in [-0.1, -0.05) is 0 Å². The summed E-state index contributed by atoms with van der Waals surface area (Å²) in [7, 11) is -5.23. The van der Waals surface area contributed by atoms with E-state index in [1.54, 1.807) is 0 Å². The van der Waals surface area contributed by atoms with Crippen molar-refractivity contribution in [3.05, 3.63) is 0 Å². The molecular formula is C22H41NNa2O6S. The summed E-state index contributed by atoms with van der Waals surface area (Å²) in [5.41, 5.74) is 0. The molecule has 0 aliphatic heterocycles. The number of rotatable bonds is 4. The van der Waals surface area contributed by atoms with Crippen LogP contribution < -0.4 is 69.5 Å². The number of carbonyl (C=O) groups excluding carboxylic acids is 2. The van der Waals surface area contributed by atoms with Crippen LogP contribution in [0.25, 0.3) is 0 Å². The zero-order chi connectivity index (χ0) is 22.7. The Morgan fingerprint density at radius 1 is 0.781 bits per heavy atom. The second-order valence-corrected chi connectivity index (χ2v) is 5.75. The molecular weight excluding hydrogens is 452 g/mol. The molecule has 0 fully saturated rings. The molecule has 1 unspecified atom stereocenters. The van der Waals surface area contributed by atoms with E-state index in [2.05, 4.69) is 94.7 Å². The maximum atomic E-state index is 11.3. The molecule has 0 aromatic rings. The molecule has 10 heteroatoms. The summed E-state index contributed by atoms with van der Waals surface area (Å²) in [5, 5.41) is 9.88. The van der Waals surface area contributed by atoms with Crippen LogP contribution in [-0.4, -0.2) is 30.1 Å². The predicted molar refractivity (Wildman–Crippen MR) is 140 cm³/mol. The molecule has 0 aromatic carbocycles. The first-order valence-electron chi connectivity index (χ1n) is 7.19. The molecule has 0 spiro atoms. The van der Waals surface area contributed by atoms with Crippen LogP contribution in [0.2, 0.25) is 0 Å². The van der Waals surface area contributed by atoms with Gasteiger partial charge in [0.15, 0.2) is 0 Å². The zero-order valence-electron chi connectivity index (χ0n) is 16.7. The van der Waals surface area contributed by atoms with E-state index in [1.807, 2.05) is 11.4 Å². The number of carbonyl (C=O) groups is 2. The largest absolute Gasteiger partial charge is 1.00 e. The summed E-state index contributed by atoms with van der Waals surface area (Å²) in [6, 6.07) is 2.02. The van der Waals surface area contributed by atoms with Crippen molar-refractivity contribution in [1.82, 2.24) is 5.32 Å². The minimum absolute atomic E-state index is 0. The normalized spacial score (nSPS) is 7.50. The number of hydrogen-bond donors (Lipinski definition) is 1. The topological polar surface area (TPSA) is 126 Å². The molecule has 0 saturated heterocycles. The van der Waals surface area contributed by atoms with E-state index in [9.17, 15) is 27.7 Å². The molecule has 0 aliphatic rings. The fourth-order valence-electron chi connectivity index (χ4n) is 1.10. The Bertz CT molecular complexity index is 1430. The first kappa shape index (κ1) is 33.5. The van der Waals surface area contributed by atoms with Crippen LogP contribution in [0.5, 0.6) is 0 Å². The minimum atomic E-state index is -5.23. The van der Waals surface area contributed by atoms with Crippen LogP contribution in [0.3, 0.4) is 0 Å². The fraction of sp³-hybridized carbons (Fsp3) is 0.0909. The van der Waals surface area contributed by atoms with Crippen LogP contribution in [0.4, 0.5) is 0 Å². The van der Waals surface area contributed by atoms with E-state index in [0.29, 0.717) is 0 Å². The molecule has 0 radical (unpaired) electrons. The molecule has 1 atom stereocenters. The molecule has 0 saturated carbocycles. The maximum absolute atomic E-state index is 11.3. The van der Waals surface area contributed by atoms with Gasteiger partial charge in [-0.3, -0.25) is 10.1 Å². The molecule has 0 heterocycles. The third-order valence-electron chi connectivity index (χ3n) is 2.19. The van der Waals surface area contributed by atoms with Crippen LogP contribution in [0.15, 0.2) is 0 Å². The summed E-state index contributed by atoms with van der Waals surface area (Å²) in [6.07, 6.45) is 3.75. The van der Waals surface area contributed by atoms with Crippen LogP contribution in [0.1, 0.15) is 32.1 Å². The Hall–Kier alpha value is -3.11. The second-order valence-electron chi connectivity index (χ2n) is 4.20. The standard InChI is InChI=1S/C22H7NO6S.2Na.18H2/c1-2-3-4-5-6-7-8-9-10-11-12-13-14-15-16-17-18-23-21(24)19-20(22(25)26)30(27,28)29;;;;;;;;;;;;;;;;;;;;/h1,20H,19H2,(H,23,24)(H,25,26)(H,27,28,29);;;18*1H/q;2*+1;;;;;;;;;;;;;;;;;;/p-2. The van der Waals surface area contributed by atoms with Gasteiger partial charge in [0, 0.05) is 85.5 Å². The Balaban J connectivity index is -0.0000000221. The van der Waals surface area contributed by atoms with Crippen molar-refractivity contribution < 1.29 is 112 Å². The van der Waals surface area contributed by atoms with Gasteiger partial charge in [0.25, 0.3) is 0 Å². The van der Waals surface area contributed by atoms with Gasteiger partial charge in [0.05, 0.1) is 11.2 Å². The Labute approximate surface area is 257 Å². The fourth-order valence-corrected chi connectivity index (χ4v) is 1.69. The number of aliphatic carboxylic acids is 1. The van der Waals surface area contributed by atoms with Crippen molar-refractivity contribution in [3.63, 3.8) is 0 Å². The summed E-state index contributed by atoms with van der Waals surface area (Å²) >= 11 is 0. The first-order chi connectivity index (χ1) is 14.3. The van der Waals surface area contributed by atoms with Crippen molar-refractivity contribution in [1.29, 1.82) is 0 Å².